The molecule has 1 atom stereocenters. The Morgan fingerprint density at radius 3 is 2.51 bits per heavy atom. The van der Waals surface area contributed by atoms with E-state index in [9.17, 15) is 9.59 Å². The third-order valence-corrected chi connectivity index (χ3v) is 8.56. The van der Waals surface area contributed by atoms with E-state index in [-0.39, 0.29) is 11.5 Å². The van der Waals surface area contributed by atoms with Crippen molar-refractivity contribution in [3.05, 3.63) is 102 Å². The molecule has 1 aromatic heterocycles. The van der Waals surface area contributed by atoms with Crippen LogP contribution in [0.1, 0.15) is 44.9 Å². The van der Waals surface area contributed by atoms with E-state index < -0.39 is 6.04 Å². The Morgan fingerprint density at radius 2 is 1.83 bits per heavy atom. The van der Waals surface area contributed by atoms with Crippen LogP contribution >= 0.6 is 22.9 Å². The van der Waals surface area contributed by atoms with Crippen LogP contribution in [0.4, 0.5) is 0 Å². The fraction of sp³-hybridized carbons (Fsp3) is 0.281. The first-order chi connectivity index (χ1) is 19.8. The van der Waals surface area contributed by atoms with Gasteiger partial charge in [-0.2, -0.15) is 0 Å². The van der Waals surface area contributed by atoms with Crippen LogP contribution in [0.2, 0.25) is 5.02 Å². The number of amides is 1. The van der Waals surface area contributed by atoms with Crippen molar-refractivity contribution >= 4 is 45.7 Å². The summed E-state index contributed by atoms with van der Waals surface area (Å²) in [7, 11) is 1.61. The number of fused-ring (bicyclic) bond motifs is 2. The number of thiazole rings is 1. The first-order valence-corrected chi connectivity index (χ1v) is 14.8. The third kappa shape index (κ3) is 5.18. The van der Waals surface area contributed by atoms with Gasteiger partial charge in [-0.15, -0.1) is 0 Å². The summed E-state index contributed by atoms with van der Waals surface area (Å²) >= 11 is 7.72. The van der Waals surface area contributed by atoms with E-state index >= 15 is 0 Å². The number of likely N-dealkylation sites (N-methyl/N-ethyl adjacent to an activating group) is 1. The number of allylic oxidation sites excluding steroid dienone is 1. The Kier molecular flexibility index (Phi) is 8.33. The average molecular weight is 590 g/mol. The molecule has 0 aliphatic carbocycles. The molecule has 0 spiro atoms. The number of ether oxygens (including phenoxy) is 2. The van der Waals surface area contributed by atoms with Crippen LogP contribution in [0.3, 0.4) is 0 Å². The Hall–Kier alpha value is -3.88. The highest BCUT2D eigenvalue weighted by Gasteiger charge is 2.36. The second-order valence-electron chi connectivity index (χ2n) is 9.58. The molecule has 0 fully saturated rings. The zero-order valence-electron chi connectivity index (χ0n) is 23.7. The van der Waals surface area contributed by atoms with Crippen molar-refractivity contribution in [1.29, 1.82) is 0 Å². The molecular weight excluding hydrogens is 558 g/mol. The fourth-order valence-electron chi connectivity index (χ4n) is 5.32. The maximum Gasteiger partial charge on any atom is 0.271 e. The van der Waals surface area contributed by atoms with Crippen molar-refractivity contribution in [2.24, 2.45) is 4.99 Å². The van der Waals surface area contributed by atoms with Crippen LogP contribution in [0.25, 0.3) is 16.8 Å². The van der Waals surface area contributed by atoms with Crippen LogP contribution in [0.5, 0.6) is 11.5 Å². The minimum absolute atomic E-state index is 0.149. The molecule has 1 aliphatic rings. The van der Waals surface area contributed by atoms with Gasteiger partial charge in [0.15, 0.2) is 4.80 Å². The first kappa shape index (κ1) is 28.6. The number of halogens is 1. The van der Waals surface area contributed by atoms with Gasteiger partial charge in [-0.3, -0.25) is 14.2 Å². The third-order valence-electron chi connectivity index (χ3n) is 7.28. The van der Waals surface area contributed by atoms with Crippen LogP contribution in [0, 0.1) is 0 Å². The molecule has 0 saturated carbocycles. The smallest absolute Gasteiger partial charge is 0.271 e. The first-order valence-electron chi connectivity index (χ1n) is 13.6. The van der Waals surface area contributed by atoms with Gasteiger partial charge in [0.1, 0.15) is 17.5 Å². The van der Waals surface area contributed by atoms with Gasteiger partial charge in [0, 0.05) is 18.7 Å². The molecule has 5 rings (SSSR count). The van der Waals surface area contributed by atoms with Gasteiger partial charge in [0.05, 0.1) is 34.5 Å². The summed E-state index contributed by atoms with van der Waals surface area (Å²) in [5.74, 6) is 1.04. The molecule has 0 radical (unpaired) electrons. The molecule has 1 amide bonds. The van der Waals surface area contributed by atoms with Crippen LogP contribution in [-0.4, -0.2) is 42.2 Å². The molecule has 0 saturated heterocycles. The zero-order chi connectivity index (χ0) is 29.3. The predicted molar refractivity (Wildman–Crippen MR) is 165 cm³/mol. The Balaban J connectivity index is 1.80. The predicted octanol–water partition coefficient (Wildman–Crippen LogP) is 5.32. The van der Waals surface area contributed by atoms with Crippen molar-refractivity contribution in [1.82, 2.24) is 9.47 Å². The molecular formula is C32H32ClN3O4S. The van der Waals surface area contributed by atoms with Crippen LogP contribution in [0.15, 0.2) is 75.7 Å². The molecule has 0 bridgehead atoms. The quantitative estimate of drug-likeness (QED) is 0.279. The summed E-state index contributed by atoms with van der Waals surface area (Å²) in [5.41, 5.74) is 2.33. The van der Waals surface area contributed by atoms with Gasteiger partial charge >= 0.3 is 0 Å². The average Bonchev–Trinajstić information content (AvgIpc) is 3.27. The monoisotopic (exact) mass is 589 g/mol. The van der Waals surface area contributed by atoms with Gasteiger partial charge in [-0.05, 0) is 68.3 Å². The highest BCUT2D eigenvalue weighted by molar-refractivity contribution is 7.07. The van der Waals surface area contributed by atoms with Crippen molar-refractivity contribution in [3.8, 4) is 11.5 Å². The molecule has 2 heterocycles. The van der Waals surface area contributed by atoms with E-state index in [1.807, 2.05) is 70.2 Å². The lowest BCUT2D eigenvalue weighted by atomic mass is 9.90. The number of nitrogens with zero attached hydrogens (tertiary/aromatic N) is 3. The number of hydrogen-bond donors (Lipinski definition) is 0. The van der Waals surface area contributed by atoms with Gasteiger partial charge < -0.3 is 14.4 Å². The van der Waals surface area contributed by atoms with E-state index in [0.29, 0.717) is 56.8 Å². The second kappa shape index (κ2) is 11.9. The number of carbonyl (C=O) groups excluding carboxylic acids is 1. The molecule has 3 aromatic carbocycles. The topological polar surface area (TPSA) is 73.1 Å². The summed E-state index contributed by atoms with van der Waals surface area (Å²) in [6, 6.07) is 16.5. The highest BCUT2D eigenvalue weighted by Crippen LogP contribution is 2.40. The Bertz CT molecular complexity index is 1850. The van der Waals surface area contributed by atoms with Crippen LogP contribution in [-0.2, 0) is 4.79 Å². The zero-order valence-corrected chi connectivity index (χ0v) is 25.3. The van der Waals surface area contributed by atoms with E-state index in [4.69, 9.17) is 26.1 Å². The van der Waals surface area contributed by atoms with E-state index in [1.54, 1.807) is 34.8 Å². The minimum Gasteiger partial charge on any atom is -0.496 e. The molecule has 4 aromatic rings. The SMILES string of the molecule is CCOc1ccc(/C=c2/sc3n(c2=O)[C@@H](c2c(OC)ccc4ccccc24)C(C(=O)N(CC)CC)=C(C)N=3)cc1Cl. The largest absolute Gasteiger partial charge is 0.496 e. The second-order valence-corrected chi connectivity index (χ2v) is 11.0. The summed E-state index contributed by atoms with van der Waals surface area (Å²) in [6.45, 7) is 9.20. The number of benzene rings is 3. The summed E-state index contributed by atoms with van der Waals surface area (Å²) in [4.78, 5) is 35.3. The number of methoxy groups -OCH3 is 1. The molecule has 0 unspecified atom stereocenters. The fourth-order valence-corrected chi connectivity index (χ4v) is 6.61. The van der Waals surface area contributed by atoms with Crippen molar-refractivity contribution < 1.29 is 14.3 Å². The Labute approximate surface area is 247 Å². The van der Waals surface area contributed by atoms with Crippen LogP contribution < -0.4 is 24.4 Å². The van der Waals surface area contributed by atoms with Crippen molar-refractivity contribution in [2.75, 3.05) is 26.8 Å². The van der Waals surface area contributed by atoms with Crippen molar-refractivity contribution in [2.45, 2.75) is 33.7 Å². The number of hydrogen-bond acceptors (Lipinski definition) is 6. The van der Waals surface area contributed by atoms with Gasteiger partial charge in [-0.25, -0.2) is 4.99 Å². The molecule has 212 valence electrons. The number of carbonyl (C=O) groups is 1. The molecule has 7 nitrogen and oxygen atoms in total. The maximum atomic E-state index is 14.2. The van der Waals surface area contributed by atoms with Gasteiger partial charge in [0.2, 0.25) is 0 Å². The van der Waals surface area contributed by atoms with E-state index in [1.165, 1.54) is 11.3 Å². The minimum atomic E-state index is -0.730. The lowest BCUT2D eigenvalue weighted by Gasteiger charge is -2.30. The summed E-state index contributed by atoms with van der Waals surface area (Å²) in [5, 5.41) is 2.36. The van der Waals surface area contributed by atoms with Gasteiger partial charge in [-0.1, -0.05) is 59.3 Å². The molecule has 0 N–H and O–H groups in total. The number of rotatable bonds is 8. The lowest BCUT2D eigenvalue weighted by molar-refractivity contribution is -0.127. The molecule has 1 aliphatic heterocycles. The summed E-state index contributed by atoms with van der Waals surface area (Å²) < 4.78 is 13.5. The van der Waals surface area contributed by atoms with E-state index in [0.717, 1.165) is 21.9 Å². The highest BCUT2D eigenvalue weighted by atomic mass is 35.5. The number of aromatic nitrogens is 1. The molecule has 41 heavy (non-hydrogen) atoms. The lowest BCUT2D eigenvalue weighted by Crippen LogP contribution is -2.43. The van der Waals surface area contributed by atoms with Crippen molar-refractivity contribution in [3.63, 3.8) is 0 Å². The normalized spacial score (nSPS) is 15.1. The maximum absolute atomic E-state index is 14.2. The summed E-state index contributed by atoms with van der Waals surface area (Å²) in [6.07, 6.45) is 1.80. The molecule has 9 heteroatoms. The van der Waals surface area contributed by atoms with Gasteiger partial charge in [0.25, 0.3) is 11.5 Å². The standard InChI is InChI=1S/C32H32ClN3O4S/c1-6-35(7-2)31(38)27-19(4)34-32-36(29(27)28-22-12-10-9-11-21(22)14-16-25(28)39-5)30(37)26(41-32)18-20-13-15-24(40-8-3)23(33)17-20/h9-18,29H,6-8H2,1-5H3/b26-18+/t29-/m1/s1. The Morgan fingerprint density at radius 1 is 1.10 bits per heavy atom. The van der Waals surface area contributed by atoms with E-state index in [2.05, 4.69) is 0 Å².